The Morgan fingerprint density at radius 3 is 2.46 bits per heavy atom. The van der Waals surface area contributed by atoms with Gasteiger partial charge in [-0.25, -0.2) is 4.98 Å². The fraction of sp³-hybridized carbons (Fsp3) is 0.0952. The Bertz CT molecular complexity index is 1040. The Morgan fingerprint density at radius 2 is 1.65 bits per heavy atom. The van der Waals surface area contributed by atoms with E-state index in [4.69, 9.17) is 4.74 Å². The molecule has 0 amide bonds. The molecule has 5 nitrogen and oxygen atoms in total. The topological polar surface area (TPSA) is 51.2 Å². The van der Waals surface area contributed by atoms with E-state index in [1.807, 2.05) is 90.3 Å². The molecule has 2 heterocycles. The van der Waals surface area contributed by atoms with Crippen LogP contribution in [0.5, 0.6) is 5.75 Å². The zero-order valence-corrected chi connectivity index (χ0v) is 14.4. The Labute approximate surface area is 151 Å². The average molecular weight is 342 g/mol. The van der Waals surface area contributed by atoms with Crippen LogP contribution >= 0.6 is 0 Å². The number of nitrogens with zero attached hydrogens (tertiary/aromatic N) is 4. The molecular weight excluding hydrogens is 324 g/mol. The molecule has 0 unspecified atom stereocenters. The molecule has 0 spiro atoms. The number of aromatic nitrogens is 2. The van der Waals surface area contributed by atoms with Gasteiger partial charge in [0.15, 0.2) is 5.82 Å². The SMILES string of the molecule is Cc1nc2ccccn2c1N=Nc1ccc(OCc2ccccc2)cc1. The number of hydrogen-bond acceptors (Lipinski definition) is 4. The van der Waals surface area contributed by atoms with E-state index in [1.165, 1.54) is 0 Å². The molecule has 0 saturated carbocycles. The predicted molar refractivity (Wildman–Crippen MR) is 101 cm³/mol. The summed E-state index contributed by atoms with van der Waals surface area (Å²) in [5.74, 6) is 1.55. The van der Waals surface area contributed by atoms with Crippen LogP contribution in [-0.4, -0.2) is 9.38 Å². The maximum Gasteiger partial charge on any atom is 0.182 e. The molecule has 26 heavy (non-hydrogen) atoms. The Hall–Kier alpha value is -3.47. The van der Waals surface area contributed by atoms with Crippen molar-refractivity contribution in [3.8, 4) is 5.75 Å². The van der Waals surface area contributed by atoms with Crippen LogP contribution in [0.1, 0.15) is 11.3 Å². The first kappa shape index (κ1) is 16.0. The molecule has 128 valence electrons. The first-order chi connectivity index (χ1) is 12.8. The largest absolute Gasteiger partial charge is 0.489 e. The number of aryl methyl sites for hydroxylation is 1. The van der Waals surface area contributed by atoms with Crippen LogP contribution < -0.4 is 4.74 Å². The molecule has 0 aliphatic rings. The first-order valence-electron chi connectivity index (χ1n) is 8.42. The molecular formula is C21H18N4O. The van der Waals surface area contributed by atoms with E-state index >= 15 is 0 Å². The minimum atomic E-state index is 0.544. The highest BCUT2D eigenvalue weighted by molar-refractivity contribution is 5.51. The number of fused-ring (bicyclic) bond motifs is 1. The van der Waals surface area contributed by atoms with Crippen molar-refractivity contribution in [3.63, 3.8) is 0 Å². The van der Waals surface area contributed by atoms with E-state index in [-0.39, 0.29) is 0 Å². The molecule has 2 aromatic carbocycles. The van der Waals surface area contributed by atoms with Crippen LogP contribution in [-0.2, 0) is 6.61 Å². The summed E-state index contributed by atoms with van der Waals surface area (Å²) in [4.78, 5) is 4.48. The molecule has 0 saturated heterocycles. The molecule has 0 aliphatic heterocycles. The van der Waals surface area contributed by atoms with Crippen LogP contribution in [0.2, 0.25) is 0 Å². The van der Waals surface area contributed by atoms with E-state index in [2.05, 4.69) is 15.2 Å². The standard InChI is InChI=1S/C21H18N4O/c1-16-21(25-14-6-5-9-20(25)22-16)24-23-18-10-12-19(13-11-18)26-15-17-7-3-2-4-8-17/h2-14H,15H2,1H3. The molecule has 0 atom stereocenters. The highest BCUT2D eigenvalue weighted by Crippen LogP contribution is 2.24. The summed E-state index contributed by atoms with van der Waals surface area (Å²) in [7, 11) is 0. The minimum absolute atomic E-state index is 0.544. The molecule has 2 aromatic heterocycles. The second-order valence-corrected chi connectivity index (χ2v) is 5.92. The normalized spacial score (nSPS) is 11.3. The van der Waals surface area contributed by atoms with Gasteiger partial charge in [-0.2, -0.15) is 0 Å². The highest BCUT2D eigenvalue weighted by atomic mass is 16.5. The van der Waals surface area contributed by atoms with Crippen molar-refractivity contribution in [2.75, 3.05) is 0 Å². The summed E-state index contributed by atoms with van der Waals surface area (Å²) in [6.45, 7) is 2.48. The molecule has 0 aliphatic carbocycles. The van der Waals surface area contributed by atoms with Gasteiger partial charge < -0.3 is 4.74 Å². The fourth-order valence-electron chi connectivity index (χ4n) is 2.68. The van der Waals surface area contributed by atoms with Crippen molar-refractivity contribution in [2.24, 2.45) is 10.2 Å². The Balaban J connectivity index is 1.47. The lowest BCUT2D eigenvalue weighted by atomic mass is 10.2. The zero-order chi connectivity index (χ0) is 17.8. The molecule has 5 heteroatoms. The van der Waals surface area contributed by atoms with E-state index in [1.54, 1.807) is 0 Å². The van der Waals surface area contributed by atoms with Crippen molar-refractivity contribution in [3.05, 3.63) is 90.3 Å². The van der Waals surface area contributed by atoms with E-state index < -0.39 is 0 Å². The Morgan fingerprint density at radius 1 is 0.885 bits per heavy atom. The van der Waals surface area contributed by atoms with Gasteiger partial charge in [0.05, 0.1) is 11.4 Å². The van der Waals surface area contributed by atoms with Gasteiger partial charge in [0.1, 0.15) is 18.0 Å². The number of hydrogen-bond donors (Lipinski definition) is 0. The maximum absolute atomic E-state index is 5.79. The number of imidazole rings is 1. The van der Waals surface area contributed by atoms with Gasteiger partial charge in [0.2, 0.25) is 0 Å². The van der Waals surface area contributed by atoms with Gasteiger partial charge in [-0.05, 0) is 48.9 Å². The monoisotopic (exact) mass is 342 g/mol. The van der Waals surface area contributed by atoms with Crippen molar-refractivity contribution in [2.45, 2.75) is 13.5 Å². The van der Waals surface area contributed by atoms with E-state index in [0.717, 1.165) is 34.2 Å². The van der Waals surface area contributed by atoms with Gasteiger partial charge in [0, 0.05) is 6.20 Å². The van der Waals surface area contributed by atoms with Crippen LogP contribution in [0, 0.1) is 6.92 Å². The van der Waals surface area contributed by atoms with Crippen molar-refractivity contribution >= 4 is 17.2 Å². The minimum Gasteiger partial charge on any atom is -0.489 e. The molecule has 0 fully saturated rings. The second kappa shape index (κ2) is 7.19. The second-order valence-electron chi connectivity index (χ2n) is 5.92. The zero-order valence-electron chi connectivity index (χ0n) is 14.4. The third kappa shape index (κ3) is 3.47. The lowest BCUT2D eigenvalue weighted by Gasteiger charge is -2.06. The first-order valence-corrected chi connectivity index (χ1v) is 8.42. The molecule has 4 aromatic rings. The van der Waals surface area contributed by atoms with Crippen LogP contribution in [0.25, 0.3) is 5.65 Å². The summed E-state index contributed by atoms with van der Waals surface area (Å²) in [5.41, 5.74) is 3.62. The fourth-order valence-corrected chi connectivity index (χ4v) is 2.68. The molecule has 0 radical (unpaired) electrons. The summed E-state index contributed by atoms with van der Waals surface area (Å²) < 4.78 is 7.71. The summed E-state index contributed by atoms with van der Waals surface area (Å²) in [5, 5.41) is 8.70. The van der Waals surface area contributed by atoms with Gasteiger partial charge in [-0.15, -0.1) is 10.2 Å². The van der Waals surface area contributed by atoms with Gasteiger partial charge in [0.25, 0.3) is 0 Å². The van der Waals surface area contributed by atoms with E-state index in [0.29, 0.717) is 6.61 Å². The third-order valence-electron chi connectivity index (χ3n) is 4.02. The molecule has 0 bridgehead atoms. The maximum atomic E-state index is 5.79. The number of azo groups is 1. The average Bonchev–Trinajstić information content (AvgIpc) is 3.01. The Kier molecular flexibility index (Phi) is 4.43. The van der Waals surface area contributed by atoms with Gasteiger partial charge >= 0.3 is 0 Å². The summed E-state index contributed by atoms with van der Waals surface area (Å²) >= 11 is 0. The van der Waals surface area contributed by atoms with Crippen molar-refractivity contribution in [1.82, 2.24) is 9.38 Å². The summed E-state index contributed by atoms with van der Waals surface area (Å²) in [6.07, 6.45) is 1.93. The van der Waals surface area contributed by atoms with Gasteiger partial charge in [-0.1, -0.05) is 36.4 Å². The van der Waals surface area contributed by atoms with Crippen LogP contribution in [0.15, 0.2) is 89.2 Å². The highest BCUT2D eigenvalue weighted by Gasteiger charge is 2.06. The number of rotatable bonds is 5. The van der Waals surface area contributed by atoms with E-state index in [9.17, 15) is 0 Å². The predicted octanol–water partition coefficient (Wildman–Crippen LogP) is 5.64. The van der Waals surface area contributed by atoms with Crippen molar-refractivity contribution < 1.29 is 4.74 Å². The number of ether oxygens (including phenoxy) is 1. The number of benzene rings is 2. The van der Waals surface area contributed by atoms with Crippen LogP contribution in [0.3, 0.4) is 0 Å². The third-order valence-corrected chi connectivity index (χ3v) is 4.02. The van der Waals surface area contributed by atoms with Crippen LogP contribution in [0.4, 0.5) is 11.5 Å². The van der Waals surface area contributed by atoms with Gasteiger partial charge in [-0.3, -0.25) is 4.40 Å². The molecule has 4 rings (SSSR count). The summed E-state index contributed by atoms with van der Waals surface area (Å²) in [6, 6.07) is 23.5. The lowest BCUT2D eigenvalue weighted by Crippen LogP contribution is -1.94. The quantitative estimate of drug-likeness (QED) is 0.441. The molecule has 0 N–H and O–H groups in total. The van der Waals surface area contributed by atoms with Crippen molar-refractivity contribution in [1.29, 1.82) is 0 Å². The lowest BCUT2D eigenvalue weighted by molar-refractivity contribution is 0.306. The number of pyridine rings is 1. The smallest absolute Gasteiger partial charge is 0.182 e.